The summed E-state index contributed by atoms with van der Waals surface area (Å²) in [4.78, 5) is 28.2. The molecule has 0 radical (unpaired) electrons. The van der Waals surface area contributed by atoms with Gasteiger partial charge in [-0.15, -0.1) is 11.3 Å². The highest BCUT2D eigenvalue weighted by Gasteiger charge is 2.27. The molecule has 0 saturated heterocycles. The fraction of sp³-hybridized carbons (Fsp3) is 0.333. The Morgan fingerprint density at radius 3 is 2.79 bits per heavy atom. The van der Waals surface area contributed by atoms with E-state index in [9.17, 15) is 9.59 Å². The Kier molecular flexibility index (Phi) is 4.92. The second-order valence-electron chi connectivity index (χ2n) is 6.20. The van der Waals surface area contributed by atoms with Gasteiger partial charge in [-0.25, -0.2) is 0 Å². The number of rotatable bonds is 3. The number of anilines is 1. The van der Waals surface area contributed by atoms with E-state index < -0.39 is 0 Å². The minimum absolute atomic E-state index is 0.00889. The summed E-state index contributed by atoms with van der Waals surface area (Å²) in [5, 5.41) is 3.54. The average Bonchev–Trinajstić information content (AvgIpc) is 2.96. The number of benzene rings is 1. The van der Waals surface area contributed by atoms with Gasteiger partial charge in [-0.2, -0.15) is 0 Å². The molecule has 0 bridgehead atoms. The van der Waals surface area contributed by atoms with Gasteiger partial charge in [0.15, 0.2) is 0 Å². The summed E-state index contributed by atoms with van der Waals surface area (Å²) in [5.41, 5.74) is 1.84. The summed E-state index contributed by atoms with van der Waals surface area (Å²) in [5.74, 6) is -0.0441. The van der Waals surface area contributed by atoms with Crippen molar-refractivity contribution in [2.75, 3.05) is 19.4 Å². The first-order valence-electron chi connectivity index (χ1n) is 7.83. The molecule has 0 fully saturated rings. The molecule has 1 aromatic heterocycles. The second-order valence-corrected chi connectivity index (χ2v) is 7.77. The monoisotopic (exact) mass is 362 g/mol. The van der Waals surface area contributed by atoms with Gasteiger partial charge < -0.3 is 10.2 Å². The van der Waals surface area contributed by atoms with Crippen molar-refractivity contribution in [2.24, 2.45) is 5.92 Å². The first-order valence-corrected chi connectivity index (χ1v) is 9.03. The van der Waals surface area contributed by atoms with E-state index in [0.717, 1.165) is 23.3 Å². The van der Waals surface area contributed by atoms with Gasteiger partial charge in [-0.3, -0.25) is 9.59 Å². The zero-order valence-electron chi connectivity index (χ0n) is 13.6. The fourth-order valence-electron chi connectivity index (χ4n) is 2.88. The molecule has 1 heterocycles. The zero-order valence-corrected chi connectivity index (χ0v) is 15.2. The van der Waals surface area contributed by atoms with Crippen molar-refractivity contribution >= 4 is 40.4 Å². The summed E-state index contributed by atoms with van der Waals surface area (Å²) in [7, 11) is 3.50. The minimum atomic E-state index is -0.0756. The quantitative estimate of drug-likeness (QED) is 0.901. The molecule has 1 atom stereocenters. The van der Waals surface area contributed by atoms with Gasteiger partial charge in [0, 0.05) is 35.6 Å². The van der Waals surface area contributed by atoms with E-state index in [1.807, 2.05) is 18.2 Å². The average molecular weight is 363 g/mol. The van der Waals surface area contributed by atoms with Gasteiger partial charge in [0.05, 0.1) is 4.88 Å². The third-order valence-corrected chi connectivity index (χ3v) is 5.62. The molecule has 1 aliphatic carbocycles. The predicted molar refractivity (Wildman–Crippen MR) is 97.9 cm³/mol. The third kappa shape index (κ3) is 3.62. The van der Waals surface area contributed by atoms with Crippen molar-refractivity contribution in [3.63, 3.8) is 0 Å². The second kappa shape index (κ2) is 6.95. The standard InChI is InChI=1S/C18H19ClN2O2S/c1-21(2)18(23)16-9-12-8-11(6-7-15(12)24-16)17(22)20-14-5-3-4-13(19)10-14/h3-5,9-11H,6-8H2,1-2H3,(H,20,22). The SMILES string of the molecule is CN(C)C(=O)c1cc2c(s1)CCC(C(=O)Nc1cccc(Cl)c1)C2. The highest BCUT2D eigenvalue weighted by Crippen LogP contribution is 2.33. The molecular weight excluding hydrogens is 344 g/mol. The van der Waals surface area contributed by atoms with Gasteiger partial charge in [-0.1, -0.05) is 17.7 Å². The minimum Gasteiger partial charge on any atom is -0.344 e. The Morgan fingerprint density at radius 1 is 1.29 bits per heavy atom. The van der Waals surface area contributed by atoms with E-state index in [0.29, 0.717) is 17.1 Å². The van der Waals surface area contributed by atoms with Crippen molar-refractivity contribution in [1.82, 2.24) is 4.90 Å². The number of nitrogens with zero attached hydrogens (tertiary/aromatic N) is 1. The number of nitrogens with one attached hydrogen (secondary N) is 1. The number of hydrogen-bond acceptors (Lipinski definition) is 3. The van der Waals surface area contributed by atoms with Crippen LogP contribution in [0, 0.1) is 5.92 Å². The summed E-state index contributed by atoms with van der Waals surface area (Å²) in [6, 6.07) is 9.11. The van der Waals surface area contributed by atoms with E-state index in [1.54, 1.807) is 42.5 Å². The molecule has 2 aromatic rings. The van der Waals surface area contributed by atoms with Crippen LogP contribution in [-0.4, -0.2) is 30.8 Å². The van der Waals surface area contributed by atoms with Gasteiger partial charge in [-0.05, 0) is 49.1 Å². The van der Waals surface area contributed by atoms with Crippen molar-refractivity contribution in [1.29, 1.82) is 0 Å². The topological polar surface area (TPSA) is 49.4 Å². The van der Waals surface area contributed by atoms with E-state index in [4.69, 9.17) is 11.6 Å². The molecule has 1 aliphatic rings. The van der Waals surface area contributed by atoms with Crippen LogP contribution in [-0.2, 0) is 17.6 Å². The van der Waals surface area contributed by atoms with Crippen LogP contribution in [0.4, 0.5) is 5.69 Å². The van der Waals surface area contributed by atoms with Crippen LogP contribution in [0.25, 0.3) is 0 Å². The molecule has 24 heavy (non-hydrogen) atoms. The van der Waals surface area contributed by atoms with Gasteiger partial charge in [0.25, 0.3) is 5.91 Å². The highest BCUT2D eigenvalue weighted by molar-refractivity contribution is 7.14. The largest absolute Gasteiger partial charge is 0.344 e. The lowest BCUT2D eigenvalue weighted by Crippen LogP contribution is -2.27. The maximum atomic E-state index is 12.5. The van der Waals surface area contributed by atoms with Crippen LogP contribution in [0.3, 0.4) is 0 Å². The molecule has 126 valence electrons. The fourth-order valence-corrected chi connectivity index (χ4v) is 4.30. The van der Waals surface area contributed by atoms with Crippen molar-refractivity contribution in [3.8, 4) is 0 Å². The van der Waals surface area contributed by atoms with Crippen molar-refractivity contribution in [2.45, 2.75) is 19.3 Å². The molecule has 1 aromatic carbocycles. The highest BCUT2D eigenvalue weighted by atomic mass is 35.5. The molecule has 1 N–H and O–H groups in total. The summed E-state index contributed by atoms with van der Waals surface area (Å²) >= 11 is 7.50. The predicted octanol–water partition coefficient (Wildman–Crippen LogP) is 3.85. The summed E-state index contributed by atoms with van der Waals surface area (Å²) < 4.78 is 0. The van der Waals surface area contributed by atoms with Gasteiger partial charge in [0.2, 0.25) is 5.91 Å². The van der Waals surface area contributed by atoms with Gasteiger partial charge in [0.1, 0.15) is 0 Å². The lowest BCUT2D eigenvalue weighted by atomic mass is 9.87. The Hall–Kier alpha value is -1.85. The van der Waals surface area contributed by atoms with E-state index >= 15 is 0 Å². The number of carbonyl (C=O) groups excluding carboxylic acids is 2. The number of aryl methyl sites for hydroxylation is 1. The Labute approximate surface area is 150 Å². The van der Waals surface area contributed by atoms with Crippen molar-refractivity contribution in [3.05, 3.63) is 50.7 Å². The van der Waals surface area contributed by atoms with E-state index in [1.165, 1.54) is 4.88 Å². The van der Waals surface area contributed by atoms with E-state index in [2.05, 4.69) is 5.32 Å². The van der Waals surface area contributed by atoms with Gasteiger partial charge >= 0.3 is 0 Å². The van der Waals surface area contributed by atoms with Crippen LogP contribution in [0.15, 0.2) is 30.3 Å². The number of halogens is 1. The lowest BCUT2D eigenvalue weighted by Gasteiger charge is -2.21. The zero-order chi connectivity index (χ0) is 17.3. The Morgan fingerprint density at radius 2 is 2.08 bits per heavy atom. The molecule has 3 rings (SSSR count). The number of fused-ring (bicyclic) bond motifs is 1. The molecule has 0 aliphatic heterocycles. The normalized spacial score (nSPS) is 16.4. The molecule has 1 unspecified atom stereocenters. The van der Waals surface area contributed by atoms with Crippen LogP contribution in [0.5, 0.6) is 0 Å². The number of thiophene rings is 1. The molecule has 2 amide bonds. The summed E-state index contributed by atoms with van der Waals surface area (Å²) in [6.45, 7) is 0. The maximum Gasteiger partial charge on any atom is 0.263 e. The molecule has 6 heteroatoms. The smallest absolute Gasteiger partial charge is 0.263 e. The van der Waals surface area contributed by atoms with E-state index in [-0.39, 0.29) is 17.7 Å². The van der Waals surface area contributed by atoms with Crippen LogP contribution in [0.1, 0.15) is 26.5 Å². The Balaban J connectivity index is 1.70. The first kappa shape index (κ1) is 17.0. The van der Waals surface area contributed by atoms with Crippen LogP contribution < -0.4 is 5.32 Å². The van der Waals surface area contributed by atoms with Crippen molar-refractivity contribution < 1.29 is 9.59 Å². The number of amides is 2. The van der Waals surface area contributed by atoms with Crippen LogP contribution >= 0.6 is 22.9 Å². The number of carbonyl (C=O) groups is 2. The maximum absolute atomic E-state index is 12.5. The van der Waals surface area contributed by atoms with Crippen LogP contribution in [0.2, 0.25) is 5.02 Å². The molecular formula is C18H19ClN2O2S. The lowest BCUT2D eigenvalue weighted by molar-refractivity contribution is -0.120. The molecule has 0 spiro atoms. The molecule has 0 saturated carbocycles. The first-order chi connectivity index (χ1) is 11.4. The molecule has 4 nitrogen and oxygen atoms in total. The third-order valence-electron chi connectivity index (χ3n) is 4.16. The summed E-state index contributed by atoms with van der Waals surface area (Å²) in [6.07, 6.45) is 2.32. The number of hydrogen-bond donors (Lipinski definition) is 1. The Bertz CT molecular complexity index is 785.